The van der Waals surface area contributed by atoms with Gasteiger partial charge in [-0.25, -0.2) is 0 Å². The first kappa shape index (κ1) is 13.3. The molecule has 2 aliphatic rings. The standard InChI is InChI=1S/C18H18N2O2/c21-16-8-4-5-9-20(16)12-15(13-6-2-1-3-7-13)19-17(22)18-10-14(18)11-18/h1-9,14-15H,10-12H2,(H,19,22). The van der Waals surface area contributed by atoms with Crippen molar-refractivity contribution in [3.05, 3.63) is 70.6 Å². The molecule has 0 radical (unpaired) electrons. The first-order valence-corrected chi connectivity index (χ1v) is 7.70. The lowest BCUT2D eigenvalue weighted by atomic mass is 10.1. The van der Waals surface area contributed by atoms with Crippen LogP contribution in [0.2, 0.25) is 0 Å². The molecule has 112 valence electrons. The van der Waals surface area contributed by atoms with E-state index in [4.69, 9.17) is 0 Å². The third-order valence-electron chi connectivity index (χ3n) is 4.92. The zero-order valence-corrected chi connectivity index (χ0v) is 12.2. The van der Waals surface area contributed by atoms with Crippen LogP contribution in [-0.2, 0) is 11.3 Å². The van der Waals surface area contributed by atoms with Gasteiger partial charge in [0.1, 0.15) is 0 Å². The largest absolute Gasteiger partial charge is 0.347 e. The fourth-order valence-electron chi connectivity index (χ4n) is 3.10. The molecule has 1 amide bonds. The minimum absolute atomic E-state index is 0.0495. The molecule has 1 heterocycles. The number of carbonyl (C=O) groups excluding carboxylic acids is 1. The van der Waals surface area contributed by atoms with Gasteiger partial charge in [0.2, 0.25) is 5.91 Å². The number of nitrogens with zero attached hydrogens (tertiary/aromatic N) is 1. The molecule has 4 rings (SSSR count). The van der Waals surface area contributed by atoms with Crippen LogP contribution in [0, 0.1) is 11.3 Å². The average molecular weight is 294 g/mol. The van der Waals surface area contributed by atoms with Crippen molar-refractivity contribution in [2.45, 2.75) is 25.4 Å². The highest BCUT2D eigenvalue weighted by Crippen LogP contribution is 2.75. The maximum Gasteiger partial charge on any atom is 0.250 e. The summed E-state index contributed by atoms with van der Waals surface area (Å²) < 4.78 is 1.65. The smallest absolute Gasteiger partial charge is 0.250 e. The zero-order valence-electron chi connectivity index (χ0n) is 12.2. The van der Waals surface area contributed by atoms with Crippen molar-refractivity contribution >= 4 is 5.91 Å². The van der Waals surface area contributed by atoms with Crippen molar-refractivity contribution in [2.24, 2.45) is 11.3 Å². The van der Waals surface area contributed by atoms with E-state index in [-0.39, 0.29) is 22.9 Å². The topological polar surface area (TPSA) is 51.1 Å². The van der Waals surface area contributed by atoms with Gasteiger partial charge in [0.25, 0.3) is 5.56 Å². The fraction of sp³-hybridized carbons (Fsp3) is 0.333. The summed E-state index contributed by atoms with van der Waals surface area (Å²) in [4.78, 5) is 24.4. The van der Waals surface area contributed by atoms with Crippen LogP contribution in [0.1, 0.15) is 24.4 Å². The van der Waals surface area contributed by atoms with Crippen molar-refractivity contribution < 1.29 is 4.79 Å². The quantitative estimate of drug-likeness (QED) is 0.918. The number of pyridine rings is 1. The number of hydrogen-bond donors (Lipinski definition) is 1. The highest BCUT2D eigenvalue weighted by molar-refractivity contribution is 5.90. The molecule has 1 unspecified atom stereocenters. The maximum absolute atomic E-state index is 12.4. The van der Waals surface area contributed by atoms with E-state index in [2.05, 4.69) is 5.32 Å². The molecule has 4 heteroatoms. The predicted octanol–water partition coefficient (Wildman–Crippen LogP) is 2.12. The van der Waals surface area contributed by atoms with Crippen molar-refractivity contribution in [3.63, 3.8) is 0 Å². The highest BCUT2D eigenvalue weighted by atomic mass is 16.2. The van der Waals surface area contributed by atoms with Crippen LogP contribution in [-0.4, -0.2) is 10.5 Å². The van der Waals surface area contributed by atoms with Gasteiger partial charge in [0.15, 0.2) is 0 Å². The molecular weight excluding hydrogens is 276 g/mol. The van der Waals surface area contributed by atoms with Crippen LogP contribution in [0.3, 0.4) is 0 Å². The summed E-state index contributed by atoms with van der Waals surface area (Å²) in [5, 5.41) is 3.15. The number of benzene rings is 1. The molecule has 1 aromatic heterocycles. The Morgan fingerprint density at radius 3 is 2.50 bits per heavy atom. The molecule has 0 bridgehead atoms. The van der Waals surface area contributed by atoms with Crippen LogP contribution in [0.4, 0.5) is 0 Å². The van der Waals surface area contributed by atoms with Gasteiger partial charge in [-0.1, -0.05) is 36.4 Å². The minimum Gasteiger partial charge on any atom is -0.347 e. The number of fused-ring (bicyclic) bond motifs is 1. The Hall–Kier alpha value is -2.36. The van der Waals surface area contributed by atoms with Gasteiger partial charge in [-0.05, 0) is 30.4 Å². The molecule has 2 aromatic rings. The highest BCUT2D eigenvalue weighted by Gasteiger charge is 2.74. The summed E-state index contributed by atoms with van der Waals surface area (Å²) in [6, 6.07) is 14.8. The number of rotatable bonds is 5. The summed E-state index contributed by atoms with van der Waals surface area (Å²) >= 11 is 0. The van der Waals surface area contributed by atoms with Crippen LogP contribution in [0.5, 0.6) is 0 Å². The Morgan fingerprint density at radius 2 is 1.86 bits per heavy atom. The normalized spacial score (nSPS) is 25.9. The van der Waals surface area contributed by atoms with Gasteiger partial charge in [0.05, 0.1) is 18.0 Å². The summed E-state index contributed by atoms with van der Waals surface area (Å²) in [6.07, 6.45) is 3.83. The lowest BCUT2D eigenvalue weighted by Gasteiger charge is -2.21. The van der Waals surface area contributed by atoms with Crippen LogP contribution in [0.25, 0.3) is 0 Å². The number of hydrogen-bond acceptors (Lipinski definition) is 2. The summed E-state index contributed by atoms with van der Waals surface area (Å²) in [5.74, 6) is 0.763. The Kier molecular flexibility index (Phi) is 2.93. The second-order valence-corrected chi connectivity index (χ2v) is 6.39. The van der Waals surface area contributed by atoms with E-state index in [1.807, 2.05) is 36.4 Å². The molecule has 4 nitrogen and oxygen atoms in total. The second kappa shape index (κ2) is 4.83. The van der Waals surface area contributed by atoms with E-state index in [9.17, 15) is 9.59 Å². The van der Waals surface area contributed by atoms with Gasteiger partial charge >= 0.3 is 0 Å². The summed E-state index contributed by atoms with van der Waals surface area (Å²) in [7, 11) is 0. The Balaban J connectivity index is 1.59. The monoisotopic (exact) mass is 294 g/mol. The number of aromatic nitrogens is 1. The van der Waals surface area contributed by atoms with Gasteiger partial charge in [-0.15, -0.1) is 0 Å². The minimum atomic E-state index is -0.176. The van der Waals surface area contributed by atoms with Gasteiger partial charge in [-0.3, -0.25) is 9.59 Å². The number of nitrogens with one attached hydrogen (secondary N) is 1. The Morgan fingerprint density at radius 1 is 1.18 bits per heavy atom. The summed E-state index contributed by atoms with van der Waals surface area (Å²) in [5.41, 5.74) is 0.918. The van der Waals surface area contributed by atoms with Crippen molar-refractivity contribution in [3.8, 4) is 0 Å². The third-order valence-corrected chi connectivity index (χ3v) is 4.92. The molecule has 0 spiro atoms. The van der Waals surface area contributed by atoms with Gasteiger partial charge in [-0.2, -0.15) is 0 Å². The van der Waals surface area contributed by atoms with Gasteiger partial charge < -0.3 is 9.88 Å². The van der Waals surface area contributed by atoms with Gasteiger partial charge in [0, 0.05) is 12.3 Å². The fourth-order valence-corrected chi connectivity index (χ4v) is 3.10. The molecular formula is C18H18N2O2. The van der Waals surface area contributed by atoms with E-state index in [0.717, 1.165) is 18.4 Å². The Bertz CT molecular complexity index is 760. The lowest BCUT2D eigenvalue weighted by Crippen LogP contribution is -2.36. The Labute approximate surface area is 128 Å². The molecule has 0 saturated heterocycles. The average Bonchev–Trinajstić information content (AvgIpc) is 3.39. The molecule has 1 aromatic carbocycles. The number of amides is 1. The SMILES string of the molecule is O=C(NC(Cn1ccccc1=O)c1ccccc1)C12CC1C2. The molecule has 22 heavy (non-hydrogen) atoms. The summed E-state index contributed by atoms with van der Waals surface area (Å²) in [6.45, 7) is 0.455. The predicted molar refractivity (Wildman–Crippen MR) is 83.2 cm³/mol. The van der Waals surface area contributed by atoms with Crippen molar-refractivity contribution in [2.75, 3.05) is 0 Å². The lowest BCUT2D eigenvalue weighted by molar-refractivity contribution is -0.125. The molecule has 1 atom stereocenters. The molecule has 0 aliphatic heterocycles. The first-order valence-electron chi connectivity index (χ1n) is 7.70. The zero-order chi connectivity index (χ0) is 15.2. The van der Waals surface area contributed by atoms with Crippen molar-refractivity contribution in [1.82, 2.24) is 9.88 Å². The first-order chi connectivity index (χ1) is 10.7. The van der Waals surface area contributed by atoms with E-state index in [1.54, 1.807) is 22.9 Å². The molecule has 2 fully saturated rings. The van der Waals surface area contributed by atoms with Crippen LogP contribution < -0.4 is 10.9 Å². The van der Waals surface area contributed by atoms with E-state index >= 15 is 0 Å². The van der Waals surface area contributed by atoms with E-state index < -0.39 is 0 Å². The third kappa shape index (κ3) is 2.25. The van der Waals surface area contributed by atoms with E-state index in [1.165, 1.54) is 0 Å². The van der Waals surface area contributed by atoms with E-state index in [0.29, 0.717) is 12.5 Å². The van der Waals surface area contributed by atoms with Crippen molar-refractivity contribution in [1.29, 1.82) is 0 Å². The second-order valence-electron chi connectivity index (χ2n) is 6.39. The molecule has 2 aliphatic carbocycles. The maximum atomic E-state index is 12.4. The van der Waals surface area contributed by atoms with Crippen LogP contribution >= 0.6 is 0 Å². The molecule has 1 N–H and O–H groups in total. The number of carbonyl (C=O) groups is 1. The molecule has 2 saturated carbocycles. The van der Waals surface area contributed by atoms with Crippen LogP contribution in [0.15, 0.2) is 59.5 Å².